The summed E-state index contributed by atoms with van der Waals surface area (Å²) >= 11 is 12.4. The fraction of sp³-hybridized carbons (Fsp3) is 0.100. The molecule has 1 amide bonds. The van der Waals surface area contributed by atoms with E-state index in [-0.39, 0.29) is 5.91 Å². The first-order chi connectivity index (χ1) is 12.6. The molecule has 0 radical (unpaired) electrons. The third kappa shape index (κ3) is 4.55. The number of amides is 1. The van der Waals surface area contributed by atoms with Crippen LogP contribution in [0.4, 0.5) is 0 Å². The van der Waals surface area contributed by atoms with Crippen molar-refractivity contribution in [3.05, 3.63) is 82.2 Å². The molecule has 3 nitrogen and oxygen atoms in total. The van der Waals surface area contributed by atoms with Gasteiger partial charge in [0.05, 0.1) is 4.91 Å². The highest BCUT2D eigenvalue weighted by Gasteiger charge is 2.30. The van der Waals surface area contributed by atoms with Crippen molar-refractivity contribution in [1.29, 1.82) is 0 Å². The van der Waals surface area contributed by atoms with Crippen molar-refractivity contribution in [3.63, 3.8) is 0 Å². The lowest BCUT2D eigenvalue weighted by molar-refractivity contribution is -0.121. The second kappa shape index (κ2) is 8.54. The molecule has 2 aromatic carbocycles. The fourth-order valence-electron chi connectivity index (χ4n) is 2.38. The number of benzene rings is 2. The van der Waals surface area contributed by atoms with Crippen LogP contribution in [-0.4, -0.2) is 21.7 Å². The SMILES string of the molecule is C=CCN1C(=O)/C(=C/c2cccc(OCc3ccc(Cl)cc3)c2)SC1=S. The van der Waals surface area contributed by atoms with Crippen LogP contribution in [-0.2, 0) is 11.4 Å². The summed E-state index contributed by atoms with van der Waals surface area (Å²) in [4.78, 5) is 14.5. The van der Waals surface area contributed by atoms with Crippen LogP contribution in [0.1, 0.15) is 11.1 Å². The molecule has 0 atom stereocenters. The molecule has 1 aliphatic heterocycles. The van der Waals surface area contributed by atoms with Crippen LogP contribution in [0.5, 0.6) is 5.75 Å². The first kappa shape index (κ1) is 18.7. The third-order valence-electron chi connectivity index (χ3n) is 3.66. The van der Waals surface area contributed by atoms with E-state index in [0.29, 0.717) is 27.4 Å². The number of hydrogen-bond donors (Lipinski definition) is 0. The van der Waals surface area contributed by atoms with E-state index in [4.69, 9.17) is 28.6 Å². The molecule has 2 aromatic rings. The van der Waals surface area contributed by atoms with Crippen LogP contribution < -0.4 is 4.74 Å². The summed E-state index contributed by atoms with van der Waals surface area (Å²) in [6, 6.07) is 15.1. The van der Waals surface area contributed by atoms with E-state index in [1.165, 1.54) is 11.8 Å². The molecule has 0 spiro atoms. The quantitative estimate of drug-likeness (QED) is 0.373. The Morgan fingerprint density at radius 3 is 2.73 bits per heavy atom. The van der Waals surface area contributed by atoms with Crippen LogP contribution in [0, 0.1) is 0 Å². The Balaban J connectivity index is 1.71. The summed E-state index contributed by atoms with van der Waals surface area (Å²) < 4.78 is 6.38. The smallest absolute Gasteiger partial charge is 0.266 e. The zero-order valence-electron chi connectivity index (χ0n) is 13.9. The average Bonchev–Trinajstić information content (AvgIpc) is 2.89. The molecule has 0 unspecified atom stereocenters. The summed E-state index contributed by atoms with van der Waals surface area (Å²) in [5.74, 6) is 0.641. The topological polar surface area (TPSA) is 29.5 Å². The zero-order valence-corrected chi connectivity index (χ0v) is 16.2. The molecule has 0 N–H and O–H groups in total. The largest absolute Gasteiger partial charge is 0.489 e. The maximum absolute atomic E-state index is 12.4. The summed E-state index contributed by atoms with van der Waals surface area (Å²) in [6.45, 7) is 4.53. The van der Waals surface area contributed by atoms with Crippen LogP contribution in [0.3, 0.4) is 0 Å². The molecular weight excluding hydrogens is 386 g/mol. The summed E-state index contributed by atoms with van der Waals surface area (Å²) in [5.41, 5.74) is 1.92. The Hall–Kier alpha value is -2.08. The first-order valence-electron chi connectivity index (χ1n) is 7.90. The molecule has 0 saturated carbocycles. The Bertz CT molecular complexity index is 878. The van der Waals surface area contributed by atoms with Crippen LogP contribution in [0.15, 0.2) is 66.1 Å². The van der Waals surface area contributed by atoms with Crippen molar-refractivity contribution in [2.45, 2.75) is 6.61 Å². The standard InChI is InChI=1S/C20H16ClNO2S2/c1-2-10-22-19(23)18(26-20(22)25)12-15-4-3-5-17(11-15)24-13-14-6-8-16(21)9-7-14/h2-9,11-12H,1,10,13H2/b18-12-. The molecule has 0 aliphatic carbocycles. The van der Waals surface area contributed by atoms with Gasteiger partial charge in [0, 0.05) is 11.6 Å². The second-order valence-electron chi connectivity index (χ2n) is 5.57. The first-order valence-corrected chi connectivity index (χ1v) is 9.50. The van der Waals surface area contributed by atoms with Gasteiger partial charge in [-0.15, -0.1) is 6.58 Å². The van der Waals surface area contributed by atoms with Gasteiger partial charge in [-0.05, 0) is 41.5 Å². The van der Waals surface area contributed by atoms with Gasteiger partial charge in [0.2, 0.25) is 0 Å². The number of nitrogens with zero attached hydrogens (tertiary/aromatic N) is 1. The summed E-state index contributed by atoms with van der Waals surface area (Å²) in [7, 11) is 0. The van der Waals surface area contributed by atoms with Crippen molar-refractivity contribution in [3.8, 4) is 5.75 Å². The van der Waals surface area contributed by atoms with E-state index in [9.17, 15) is 4.79 Å². The number of thioether (sulfide) groups is 1. The number of ether oxygens (including phenoxy) is 1. The van der Waals surface area contributed by atoms with Gasteiger partial charge in [0.15, 0.2) is 0 Å². The normalized spacial score (nSPS) is 15.6. The lowest BCUT2D eigenvalue weighted by Crippen LogP contribution is -2.27. The highest BCUT2D eigenvalue weighted by Crippen LogP contribution is 2.32. The van der Waals surface area contributed by atoms with Gasteiger partial charge in [0.25, 0.3) is 5.91 Å². The summed E-state index contributed by atoms with van der Waals surface area (Å²) in [5, 5.41) is 0.699. The average molecular weight is 402 g/mol. The predicted octanol–water partition coefficient (Wildman–Crippen LogP) is 5.31. The molecule has 132 valence electrons. The van der Waals surface area contributed by atoms with Crippen LogP contribution in [0.25, 0.3) is 6.08 Å². The second-order valence-corrected chi connectivity index (χ2v) is 7.68. The number of carbonyl (C=O) groups is 1. The van der Waals surface area contributed by atoms with Gasteiger partial charge in [-0.3, -0.25) is 9.69 Å². The Morgan fingerprint density at radius 2 is 2.00 bits per heavy atom. The van der Waals surface area contributed by atoms with E-state index >= 15 is 0 Å². The minimum absolute atomic E-state index is 0.0904. The monoisotopic (exact) mass is 401 g/mol. The van der Waals surface area contributed by atoms with Crippen molar-refractivity contribution in [2.75, 3.05) is 6.54 Å². The van der Waals surface area contributed by atoms with Crippen LogP contribution >= 0.6 is 35.6 Å². The van der Waals surface area contributed by atoms with Gasteiger partial charge in [0.1, 0.15) is 16.7 Å². The van der Waals surface area contributed by atoms with Gasteiger partial charge >= 0.3 is 0 Å². The Labute approximate surface area is 167 Å². The minimum atomic E-state index is -0.0904. The van der Waals surface area contributed by atoms with E-state index in [1.54, 1.807) is 11.0 Å². The van der Waals surface area contributed by atoms with E-state index in [1.807, 2.05) is 54.6 Å². The predicted molar refractivity (Wildman–Crippen MR) is 112 cm³/mol. The van der Waals surface area contributed by atoms with E-state index in [0.717, 1.165) is 16.9 Å². The highest BCUT2D eigenvalue weighted by atomic mass is 35.5. The van der Waals surface area contributed by atoms with Gasteiger partial charge in [-0.25, -0.2) is 0 Å². The van der Waals surface area contributed by atoms with Crippen molar-refractivity contribution in [1.82, 2.24) is 4.90 Å². The van der Waals surface area contributed by atoms with E-state index < -0.39 is 0 Å². The number of rotatable bonds is 6. The number of halogens is 1. The van der Waals surface area contributed by atoms with Crippen LogP contribution in [0.2, 0.25) is 5.02 Å². The molecule has 3 rings (SSSR count). The van der Waals surface area contributed by atoms with E-state index in [2.05, 4.69) is 6.58 Å². The molecule has 1 saturated heterocycles. The number of hydrogen-bond acceptors (Lipinski definition) is 4. The van der Waals surface area contributed by atoms with Crippen molar-refractivity contribution in [2.24, 2.45) is 0 Å². The van der Waals surface area contributed by atoms with Gasteiger partial charge in [-0.2, -0.15) is 0 Å². The maximum Gasteiger partial charge on any atom is 0.266 e. The Morgan fingerprint density at radius 1 is 1.23 bits per heavy atom. The van der Waals surface area contributed by atoms with Crippen molar-refractivity contribution < 1.29 is 9.53 Å². The molecular formula is C20H16ClNO2S2. The molecule has 0 bridgehead atoms. The van der Waals surface area contributed by atoms with Gasteiger partial charge < -0.3 is 4.74 Å². The lowest BCUT2D eigenvalue weighted by Gasteiger charge is -2.10. The maximum atomic E-state index is 12.4. The zero-order chi connectivity index (χ0) is 18.5. The summed E-state index contributed by atoms with van der Waals surface area (Å²) in [6.07, 6.45) is 3.50. The molecule has 0 aromatic heterocycles. The molecule has 26 heavy (non-hydrogen) atoms. The third-order valence-corrected chi connectivity index (χ3v) is 5.29. The Kier molecular flexibility index (Phi) is 6.14. The van der Waals surface area contributed by atoms with Gasteiger partial charge in [-0.1, -0.05) is 65.9 Å². The number of carbonyl (C=O) groups excluding carboxylic acids is 1. The van der Waals surface area contributed by atoms with Crippen molar-refractivity contribution >= 4 is 51.9 Å². The highest BCUT2D eigenvalue weighted by molar-refractivity contribution is 8.26. The fourth-order valence-corrected chi connectivity index (χ4v) is 3.78. The number of thiocarbonyl (C=S) groups is 1. The lowest BCUT2D eigenvalue weighted by atomic mass is 10.2. The molecule has 1 heterocycles. The minimum Gasteiger partial charge on any atom is -0.489 e. The molecule has 1 fully saturated rings. The molecule has 6 heteroatoms. The molecule has 1 aliphatic rings.